The molecule has 1 heterocycles. The zero-order chi connectivity index (χ0) is 21.9. The zero-order valence-corrected chi connectivity index (χ0v) is 16.7. The number of alkyl halides is 3. The van der Waals surface area contributed by atoms with Crippen molar-refractivity contribution >= 4 is 0 Å². The number of nitrogens with zero attached hydrogens (tertiary/aromatic N) is 2. The van der Waals surface area contributed by atoms with E-state index in [9.17, 15) is 23.4 Å². The van der Waals surface area contributed by atoms with Crippen LogP contribution in [0, 0.1) is 0 Å². The number of ether oxygens (including phenoxy) is 1. The van der Waals surface area contributed by atoms with E-state index in [0.29, 0.717) is 16.7 Å². The Balaban J connectivity index is 2.02. The Bertz CT molecular complexity index is 1120. The van der Waals surface area contributed by atoms with Crippen molar-refractivity contribution in [3.63, 3.8) is 0 Å². The van der Waals surface area contributed by atoms with Crippen molar-refractivity contribution in [3.05, 3.63) is 59.9 Å². The van der Waals surface area contributed by atoms with Gasteiger partial charge in [0, 0.05) is 29.9 Å². The number of hydrogen-bond acceptors (Lipinski definition) is 4. The normalized spacial score (nSPS) is 18.3. The van der Waals surface area contributed by atoms with Gasteiger partial charge in [-0.15, -0.1) is 0 Å². The zero-order valence-electron chi connectivity index (χ0n) is 16.7. The van der Waals surface area contributed by atoms with Crippen molar-refractivity contribution in [1.29, 1.82) is 0 Å². The molecule has 0 radical (unpaired) electrons. The van der Waals surface area contributed by atoms with Crippen molar-refractivity contribution in [3.8, 4) is 28.0 Å². The first-order chi connectivity index (χ1) is 13.9. The Morgan fingerprint density at radius 3 is 2.40 bits per heavy atom. The fourth-order valence-corrected chi connectivity index (χ4v) is 3.79. The summed E-state index contributed by atoms with van der Waals surface area (Å²) in [7, 11) is 1.71. The van der Waals surface area contributed by atoms with Gasteiger partial charge in [0.05, 0.1) is 11.8 Å². The second-order valence-electron chi connectivity index (χ2n) is 8.15. The second kappa shape index (κ2) is 6.58. The highest BCUT2D eigenvalue weighted by Gasteiger charge is 2.61. The van der Waals surface area contributed by atoms with Gasteiger partial charge in [0.1, 0.15) is 12.4 Å². The smallest absolute Gasteiger partial charge is 0.425 e. The minimum absolute atomic E-state index is 0.116. The summed E-state index contributed by atoms with van der Waals surface area (Å²) >= 11 is 0. The molecule has 0 fully saturated rings. The Hall–Kier alpha value is -2.84. The summed E-state index contributed by atoms with van der Waals surface area (Å²) < 4.78 is 49.8. The summed E-state index contributed by atoms with van der Waals surface area (Å²) in [4.78, 5) is 0. The lowest BCUT2D eigenvalue weighted by molar-refractivity contribution is -0.246. The van der Waals surface area contributed by atoms with E-state index in [1.807, 2.05) is 0 Å². The number of fused-ring (bicyclic) bond motifs is 3. The molecule has 0 bridgehead atoms. The van der Waals surface area contributed by atoms with Crippen molar-refractivity contribution < 1.29 is 28.1 Å². The molecule has 0 saturated heterocycles. The average molecular weight is 418 g/mol. The van der Waals surface area contributed by atoms with E-state index in [1.54, 1.807) is 42.3 Å². The van der Waals surface area contributed by atoms with Crippen LogP contribution in [0.3, 0.4) is 0 Å². The minimum Gasteiger partial charge on any atom is -0.491 e. The highest BCUT2D eigenvalue weighted by molar-refractivity contribution is 5.93. The molecule has 1 atom stereocenters. The second-order valence-corrected chi connectivity index (χ2v) is 8.15. The molecular weight excluding hydrogens is 397 g/mol. The maximum absolute atomic E-state index is 14.2. The first-order valence-corrected chi connectivity index (χ1v) is 9.33. The van der Waals surface area contributed by atoms with Gasteiger partial charge < -0.3 is 14.9 Å². The van der Waals surface area contributed by atoms with Gasteiger partial charge in [-0.2, -0.15) is 18.3 Å². The van der Waals surface area contributed by atoms with Gasteiger partial charge in [0.25, 0.3) is 0 Å². The molecule has 5 nitrogen and oxygen atoms in total. The van der Waals surface area contributed by atoms with Gasteiger partial charge in [-0.3, -0.25) is 4.68 Å². The van der Waals surface area contributed by atoms with E-state index >= 15 is 0 Å². The fraction of sp³-hybridized carbons (Fsp3) is 0.318. The summed E-state index contributed by atoms with van der Waals surface area (Å²) in [5, 5.41) is 25.1. The number of rotatable bonds is 4. The van der Waals surface area contributed by atoms with E-state index < -0.39 is 17.4 Å². The Morgan fingerprint density at radius 1 is 1.10 bits per heavy atom. The predicted octanol–water partition coefficient (Wildman–Crippen LogP) is 4.02. The molecule has 1 aliphatic carbocycles. The summed E-state index contributed by atoms with van der Waals surface area (Å²) in [5.74, 6) is 0.116. The highest BCUT2D eigenvalue weighted by atomic mass is 19.4. The molecule has 1 aromatic heterocycles. The van der Waals surface area contributed by atoms with Crippen LogP contribution in [-0.2, 0) is 12.6 Å². The van der Waals surface area contributed by atoms with Crippen LogP contribution in [0.4, 0.5) is 13.2 Å². The van der Waals surface area contributed by atoms with Crippen molar-refractivity contribution in [2.75, 3.05) is 6.61 Å². The maximum Gasteiger partial charge on any atom is 0.425 e. The summed E-state index contributed by atoms with van der Waals surface area (Å²) in [6, 6.07) is 8.77. The quantitative estimate of drug-likeness (QED) is 0.672. The first-order valence-electron chi connectivity index (χ1n) is 9.33. The lowest BCUT2D eigenvalue weighted by Crippen LogP contribution is -2.41. The largest absolute Gasteiger partial charge is 0.491 e. The summed E-state index contributed by atoms with van der Waals surface area (Å²) in [6.07, 6.45) is -1.72. The van der Waals surface area contributed by atoms with Crippen LogP contribution in [0.15, 0.2) is 48.8 Å². The molecule has 30 heavy (non-hydrogen) atoms. The number of hydrogen-bond donors (Lipinski definition) is 2. The Labute approximate surface area is 171 Å². The van der Waals surface area contributed by atoms with Crippen molar-refractivity contribution in [2.45, 2.75) is 31.2 Å². The minimum atomic E-state index is -4.95. The van der Waals surface area contributed by atoms with Crippen LogP contribution in [-0.4, -0.2) is 38.4 Å². The lowest BCUT2D eigenvalue weighted by Gasteiger charge is -2.29. The number of halogens is 3. The molecule has 1 unspecified atom stereocenters. The molecule has 0 amide bonds. The molecule has 158 valence electrons. The van der Waals surface area contributed by atoms with Crippen LogP contribution in [0.25, 0.3) is 22.3 Å². The molecule has 2 N–H and O–H groups in total. The van der Waals surface area contributed by atoms with Gasteiger partial charge in [-0.05, 0) is 42.7 Å². The third-order valence-electron chi connectivity index (χ3n) is 5.11. The van der Waals surface area contributed by atoms with E-state index in [1.165, 1.54) is 32.0 Å². The van der Waals surface area contributed by atoms with Gasteiger partial charge in [-0.1, -0.05) is 24.3 Å². The Kier molecular flexibility index (Phi) is 4.48. The molecule has 0 spiro atoms. The number of aliphatic hydroxyl groups is 2. The lowest BCUT2D eigenvalue weighted by atomic mass is 9.89. The number of benzene rings is 2. The van der Waals surface area contributed by atoms with Crippen LogP contribution >= 0.6 is 0 Å². The van der Waals surface area contributed by atoms with Crippen molar-refractivity contribution in [2.24, 2.45) is 7.05 Å². The maximum atomic E-state index is 14.2. The third kappa shape index (κ3) is 3.16. The summed E-state index contributed by atoms with van der Waals surface area (Å²) in [6.45, 7) is 2.93. The van der Waals surface area contributed by atoms with Gasteiger partial charge in [-0.25, -0.2) is 0 Å². The van der Waals surface area contributed by atoms with E-state index in [2.05, 4.69) is 5.10 Å². The van der Waals surface area contributed by atoms with Gasteiger partial charge in [0.15, 0.2) is 0 Å². The summed E-state index contributed by atoms with van der Waals surface area (Å²) in [5.41, 5.74) is -3.25. The monoisotopic (exact) mass is 418 g/mol. The molecule has 1 aliphatic rings. The van der Waals surface area contributed by atoms with Crippen LogP contribution in [0.5, 0.6) is 5.75 Å². The molecule has 0 saturated carbocycles. The SMILES string of the molecule is Cn1cc(-c2cc(OCC(C)(C)O)cc3c2-c2ccccc2C3(O)C(F)(F)F)cn1. The van der Waals surface area contributed by atoms with Gasteiger partial charge in [0.2, 0.25) is 5.60 Å². The molecule has 4 rings (SSSR count). The van der Waals surface area contributed by atoms with Crippen LogP contribution in [0.1, 0.15) is 25.0 Å². The number of aryl methyl sites for hydroxylation is 1. The standard InChI is InChI=1S/C22H21F3N2O3/c1-20(2,28)12-30-14-8-16(13-10-26-27(3)11-13)19-15-6-4-5-7-17(15)21(29,18(19)9-14)22(23,24)25/h4-11,28-29H,12H2,1-3H3. The van der Waals surface area contributed by atoms with Gasteiger partial charge >= 0.3 is 6.18 Å². The molecule has 8 heteroatoms. The first kappa shape index (κ1) is 20.4. The Morgan fingerprint density at radius 2 is 1.80 bits per heavy atom. The van der Waals surface area contributed by atoms with E-state index in [4.69, 9.17) is 4.74 Å². The van der Waals surface area contributed by atoms with Crippen LogP contribution < -0.4 is 4.74 Å². The molecule has 2 aromatic carbocycles. The predicted molar refractivity (Wildman–Crippen MR) is 105 cm³/mol. The van der Waals surface area contributed by atoms with E-state index in [0.717, 1.165) is 0 Å². The topological polar surface area (TPSA) is 67.5 Å². The third-order valence-corrected chi connectivity index (χ3v) is 5.11. The van der Waals surface area contributed by atoms with Crippen LogP contribution in [0.2, 0.25) is 0 Å². The molecular formula is C22H21F3N2O3. The average Bonchev–Trinajstić information content (AvgIpc) is 3.20. The van der Waals surface area contributed by atoms with Crippen molar-refractivity contribution in [1.82, 2.24) is 9.78 Å². The highest BCUT2D eigenvalue weighted by Crippen LogP contribution is 2.58. The molecule has 3 aromatic rings. The number of aromatic nitrogens is 2. The molecule has 0 aliphatic heterocycles. The van der Waals surface area contributed by atoms with E-state index in [-0.39, 0.29) is 29.0 Å². The fourth-order valence-electron chi connectivity index (χ4n) is 3.79.